The van der Waals surface area contributed by atoms with E-state index < -0.39 is 0 Å². The molecule has 7 nitrogen and oxygen atoms in total. The molecule has 33 heavy (non-hydrogen) atoms. The Morgan fingerprint density at radius 1 is 0.939 bits per heavy atom. The number of fused-ring (bicyclic) bond motifs is 1. The lowest BCUT2D eigenvalue weighted by Crippen LogP contribution is -2.62. The third kappa shape index (κ3) is 4.03. The molecular formula is C26H28N4O3. The summed E-state index contributed by atoms with van der Waals surface area (Å²) in [5.41, 5.74) is 4.68. The van der Waals surface area contributed by atoms with Crippen molar-refractivity contribution in [3.05, 3.63) is 65.0 Å². The Kier molecular flexibility index (Phi) is 5.48. The normalized spacial score (nSPS) is 20.8. The zero-order chi connectivity index (χ0) is 23.1. The van der Waals surface area contributed by atoms with Crippen molar-refractivity contribution in [3.8, 4) is 11.4 Å². The van der Waals surface area contributed by atoms with Crippen molar-refractivity contribution in [2.24, 2.45) is 5.92 Å². The minimum atomic E-state index is -0.316. The van der Waals surface area contributed by atoms with Crippen molar-refractivity contribution >= 4 is 17.6 Å². The molecule has 1 aromatic heterocycles. The van der Waals surface area contributed by atoms with Crippen LogP contribution in [-0.4, -0.2) is 33.0 Å². The van der Waals surface area contributed by atoms with Crippen LogP contribution in [0.1, 0.15) is 48.3 Å². The predicted molar refractivity (Wildman–Crippen MR) is 125 cm³/mol. The molecule has 3 aromatic rings. The molecule has 2 atom stereocenters. The smallest absolute Gasteiger partial charge is 0.332 e. The summed E-state index contributed by atoms with van der Waals surface area (Å²) in [5, 5.41) is 4.12. The molecule has 2 aliphatic rings. The lowest BCUT2D eigenvalue weighted by molar-refractivity contribution is -0.127. The number of nitrogens with zero attached hydrogens (tertiary/aromatic N) is 4. The highest BCUT2D eigenvalue weighted by atomic mass is 16.5. The van der Waals surface area contributed by atoms with Gasteiger partial charge in [-0.3, -0.25) is 4.79 Å². The molecule has 5 rings (SSSR count). The van der Waals surface area contributed by atoms with Gasteiger partial charge in [0.1, 0.15) is 6.54 Å². The highest BCUT2D eigenvalue weighted by molar-refractivity contribution is 6.17. The van der Waals surface area contributed by atoms with E-state index in [0.29, 0.717) is 17.4 Å². The summed E-state index contributed by atoms with van der Waals surface area (Å²) in [6.45, 7) is 6.16. The van der Waals surface area contributed by atoms with E-state index in [-0.39, 0.29) is 30.4 Å². The minimum absolute atomic E-state index is 0.100. The fourth-order valence-corrected chi connectivity index (χ4v) is 5.09. The summed E-state index contributed by atoms with van der Waals surface area (Å²) < 4.78 is 5.53. The second-order valence-electron chi connectivity index (χ2n) is 9.27. The maximum atomic E-state index is 13.7. The molecule has 2 unspecified atom stereocenters. The van der Waals surface area contributed by atoms with E-state index in [4.69, 9.17) is 4.52 Å². The topological polar surface area (TPSA) is 79.5 Å². The van der Waals surface area contributed by atoms with E-state index in [0.717, 1.165) is 47.9 Å². The molecule has 0 bridgehead atoms. The van der Waals surface area contributed by atoms with Crippen LogP contribution >= 0.6 is 0 Å². The number of hydrogen-bond acceptors (Lipinski definition) is 5. The van der Waals surface area contributed by atoms with Gasteiger partial charge in [0, 0.05) is 11.6 Å². The standard InChI is InChI=1S/C26H28N4O3/c1-16-8-10-19(11-9-16)24-27-23(33-28-24)15-29-22-7-5-4-6-21(22)25(31)30(26(29)32)20-13-17(2)12-18(3)14-20/h8-14,21-22H,4-7,15H2,1-3H3. The lowest BCUT2D eigenvalue weighted by Gasteiger charge is -2.46. The number of anilines is 1. The average molecular weight is 445 g/mol. The Bertz CT molecular complexity index is 1180. The van der Waals surface area contributed by atoms with Gasteiger partial charge in [-0.15, -0.1) is 0 Å². The van der Waals surface area contributed by atoms with Crippen LogP contribution < -0.4 is 4.90 Å². The van der Waals surface area contributed by atoms with Crippen LogP contribution in [0.15, 0.2) is 47.0 Å². The van der Waals surface area contributed by atoms with Gasteiger partial charge < -0.3 is 9.42 Å². The maximum absolute atomic E-state index is 13.7. The van der Waals surface area contributed by atoms with E-state index in [1.54, 1.807) is 4.90 Å². The van der Waals surface area contributed by atoms with Crippen LogP contribution in [0.4, 0.5) is 10.5 Å². The van der Waals surface area contributed by atoms with Gasteiger partial charge in [-0.2, -0.15) is 4.98 Å². The number of imide groups is 1. The maximum Gasteiger partial charge on any atom is 0.332 e. The van der Waals surface area contributed by atoms with Crippen molar-refractivity contribution in [2.45, 2.75) is 59.0 Å². The van der Waals surface area contributed by atoms with Crippen molar-refractivity contribution < 1.29 is 14.1 Å². The summed E-state index contributed by atoms with van der Waals surface area (Å²) in [6.07, 6.45) is 3.59. The molecule has 0 radical (unpaired) electrons. The first-order chi connectivity index (χ1) is 15.9. The third-order valence-electron chi connectivity index (χ3n) is 6.65. The molecule has 1 aliphatic carbocycles. The number of aryl methyl sites for hydroxylation is 3. The Hall–Kier alpha value is -3.48. The van der Waals surface area contributed by atoms with E-state index in [1.807, 2.05) is 63.2 Å². The first-order valence-electron chi connectivity index (χ1n) is 11.5. The number of urea groups is 1. The zero-order valence-electron chi connectivity index (χ0n) is 19.2. The van der Waals surface area contributed by atoms with E-state index in [1.165, 1.54) is 4.90 Å². The highest BCUT2D eigenvalue weighted by Crippen LogP contribution is 2.37. The molecule has 2 aromatic carbocycles. The van der Waals surface area contributed by atoms with Gasteiger partial charge >= 0.3 is 6.03 Å². The Labute approximate surface area is 193 Å². The van der Waals surface area contributed by atoms with Crippen molar-refractivity contribution in [3.63, 3.8) is 0 Å². The molecule has 1 saturated carbocycles. The van der Waals surface area contributed by atoms with Crippen molar-refractivity contribution in [1.29, 1.82) is 0 Å². The van der Waals surface area contributed by atoms with Crippen LogP contribution in [0.5, 0.6) is 0 Å². The Balaban J connectivity index is 1.47. The molecule has 3 amide bonds. The molecule has 0 spiro atoms. The fourth-order valence-electron chi connectivity index (χ4n) is 5.09. The number of carbonyl (C=O) groups excluding carboxylic acids is 2. The first kappa shape index (κ1) is 21.4. The highest BCUT2D eigenvalue weighted by Gasteiger charge is 2.48. The van der Waals surface area contributed by atoms with Crippen LogP contribution in [0.25, 0.3) is 11.4 Å². The second kappa shape index (κ2) is 8.46. The van der Waals surface area contributed by atoms with Gasteiger partial charge in [0.2, 0.25) is 17.6 Å². The largest absolute Gasteiger partial charge is 0.337 e. The summed E-state index contributed by atoms with van der Waals surface area (Å²) >= 11 is 0. The lowest BCUT2D eigenvalue weighted by atomic mass is 9.81. The number of aromatic nitrogens is 2. The summed E-state index contributed by atoms with van der Waals surface area (Å²) in [7, 11) is 0. The SMILES string of the molecule is Cc1ccc(-c2noc(CN3C(=O)N(c4cc(C)cc(C)c4)C(=O)C4CCCCC43)n2)cc1. The quantitative estimate of drug-likeness (QED) is 0.553. The second-order valence-corrected chi connectivity index (χ2v) is 9.27. The van der Waals surface area contributed by atoms with Crippen LogP contribution in [0.3, 0.4) is 0 Å². The van der Waals surface area contributed by atoms with Gasteiger partial charge in [-0.05, 0) is 56.9 Å². The van der Waals surface area contributed by atoms with Crippen molar-refractivity contribution in [1.82, 2.24) is 15.0 Å². The van der Waals surface area contributed by atoms with Crippen LogP contribution in [0, 0.1) is 26.7 Å². The van der Waals surface area contributed by atoms with Crippen molar-refractivity contribution in [2.75, 3.05) is 4.90 Å². The summed E-state index contributed by atoms with van der Waals surface area (Å²) in [4.78, 5) is 34.8. The van der Waals surface area contributed by atoms with Gasteiger partial charge in [0.15, 0.2) is 0 Å². The number of benzene rings is 2. The van der Waals surface area contributed by atoms with Crippen LogP contribution in [0.2, 0.25) is 0 Å². The predicted octanol–water partition coefficient (Wildman–Crippen LogP) is 5.19. The van der Waals surface area contributed by atoms with E-state index in [2.05, 4.69) is 10.1 Å². The van der Waals surface area contributed by atoms with Gasteiger partial charge in [-0.25, -0.2) is 9.69 Å². The Morgan fingerprint density at radius 3 is 2.36 bits per heavy atom. The molecule has 0 N–H and O–H groups in total. The first-order valence-corrected chi connectivity index (χ1v) is 11.5. The molecule has 7 heteroatoms. The minimum Gasteiger partial charge on any atom is -0.337 e. The van der Waals surface area contributed by atoms with Gasteiger partial charge in [0.05, 0.1) is 11.6 Å². The Morgan fingerprint density at radius 2 is 1.64 bits per heavy atom. The molecule has 2 fully saturated rings. The number of carbonyl (C=O) groups is 2. The molecule has 1 saturated heterocycles. The molecule has 1 aliphatic heterocycles. The van der Waals surface area contributed by atoms with Gasteiger partial charge in [0.25, 0.3) is 0 Å². The number of hydrogen-bond donors (Lipinski definition) is 0. The third-order valence-corrected chi connectivity index (χ3v) is 6.65. The van der Waals surface area contributed by atoms with E-state index >= 15 is 0 Å². The fraction of sp³-hybridized carbons (Fsp3) is 0.385. The molecular weight excluding hydrogens is 416 g/mol. The van der Waals surface area contributed by atoms with E-state index in [9.17, 15) is 9.59 Å². The molecule has 2 heterocycles. The molecule has 170 valence electrons. The zero-order valence-corrected chi connectivity index (χ0v) is 19.2. The number of rotatable bonds is 4. The summed E-state index contributed by atoms with van der Waals surface area (Å²) in [6, 6.07) is 13.3. The average Bonchev–Trinajstić information content (AvgIpc) is 3.25. The monoisotopic (exact) mass is 444 g/mol. The van der Waals surface area contributed by atoms with Crippen LogP contribution in [-0.2, 0) is 11.3 Å². The van der Waals surface area contributed by atoms with Gasteiger partial charge in [-0.1, -0.05) is 53.9 Å². The summed E-state index contributed by atoms with van der Waals surface area (Å²) in [5.74, 6) is 0.559. The number of amides is 3.